The van der Waals surface area contributed by atoms with E-state index in [2.05, 4.69) is 0 Å². The summed E-state index contributed by atoms with van der Waals surface area (Å²) in [5.41, 5.74) is 4.33. The number of nitrogens with zero attached hydrogens (tertiary/aromatic N) is 2. The maximum atomic E-state index is 13.7. The minimum Gasteiger partial charge on any atom is -0.497 e. The third-order valence-electron chi connectivity index (χ3n) is 7.00. The number of fused-ring (bicyclic) bond motifs is 3. The molecule has 0 aliphatic carbocycles. The third-order valence-corrected chi connectivity index (χ3v) is 7.00. The first-order chi connectivity index (χ1) is 17.9. The van der Waals surface area contributed by atoms with Gasteiger partial charge in [-0.1, -0.05) is 13.0 Å². The Labute approximate surface area is 214 Å². The van der Waals surface area contributed by atoms with Crippen molar-refractivity contribution < 1.29 is 23.8 Å². The van der Waals surface area contributed by atoms with Gasteiger partial charge in [0.05, 0.1) is 39.3 Å². The summed E-state index contributed by atoms with van der Waals surface area (Å²) < 4.78 is 19.5. The number of hydrogen-bond acceptors (Lipinski definition) is 6. The predicted octanol–water partition coefficient (Wildman–Crippen LogP) is 4.47. The Kier molecular flexibility index (Phi) is 6.33. The number of benzene rings is 2. The lowest BCUT2D eigenvalue weighted by Crippen LogP contribution is -2.30. The van der Waals surface area contributed by atoms with Gasteiger partial charge in [-0.3, -0.25) is 9.59 Å². The summed E-state index contributed by atoms with van der Waals surface area (Å²) in [4.78, 5) is 38.6. The number of rotatable bonds is 7. The minimum atomic E-state index is -0.681. The lowest BCUT2D eigenvalue weighted by molar-refractivity contribution is 0.0597. The molecule has 190 valence electrons. The van der Waals surface area contributed by atoms with Crippen LogP contribution < -0.4 is 15.0 Å². The highest BCUT2D eigenvalue weighted by molar-refractivity contribution is 6.02. The van der Waals surface area contributed by atoms with Crippen molar-refractivity contribution in [2.45, 2.75) is 32.9 Å². The fraction of sp³-hybridized carbons (Fsp3) is 0.276. The number of methoxy groups -OCH3 is 3. The fourth-order valence-corrected chi connectivity index (χ4v) is 5.13. The highest BCUT2D eigenvalue weighted by Gasteiger charge is 2.24. The Morgan fingerprint density at radius 3 is 2.46 bits per heavy atom. The first-order valence-electron chi connectivity index (χ1n) is 12.1. The van der Waals surface area contributed by atoms with Crippen LogP contribution in [0, 0.1) is 0 Å². The molecule has 0 saturated carbocycles. The summed E-state index contributed by atoms with van der Waals surface area (Å²) in [5, 5.41) is 0.931. The molecule has 0 radical (unpaired) electrons. The number of aromatic nitrogens is 2. The van der Waals surface area contributed by atoms with E-state index in [1.54, 1.807) is 37.0 Å². The van der Waals surface area contributed by atoms with E-state index >= 15 is 0 Å². The monoisotopic (exact) mass is 500 g/mol. The molecule has 1 aliphatic rings. The van der Waals surface area contributed by atoms with Crippen LogP contribution in [0.4, 0.5) is 0 Å². The second-order valence-electron chi connectivity index (χ2n) is 8.97. The number of hydrogen-bond donors (Lipinski definition) is 0. The Morgan fingerprint density at radius 2 is 1.76 bits per heavy atom. The van der Waals surface area contributed by atoms with Crippen LogP contribution in [0.3, 0.4) is 0 Å². The molecule has 2 aromatic heterocycles. The number of aryl methyl sites for hydroxylation is 2. The van der Waals surface area contributed by atoms with E-state index in [0.29, 0.717) is 42.3 Å². The van der Waals surface area contributed by atoms with E-state index in [0.717, 1.165) is 27.6 Å². The molecule has 0 unspecified atom stereocenters. The lowest BCUT2D eigenvalue weighted by atomic mass is 9.99. The van der Waals surface area contributed by atoms with E-state index in [9.17, 15) is 14.4 Å². The van der Waals surface area contributed by atoms with Gasteiger partial charge in [-0.2, -0.15) is 0 Å². The highest BCUT2D eigenvalue weighted by Crippen LogP contribution is 2.33. The molecule has 0 amide bonds. The van der Waals surface area contributed by atoms with Crippen LogP contribution in [-0.4, -0.2) is 42.2 Å². The third kappa shape index (κ3) is 4.08. The number of carbonyl (C=O) groups is 2. The second kappa shape index (κ2) is 9.61. The van der Waals surface area contributed by atoms with Crippen molar-refractivity contribution in [3.05, 3.63) is 81.3 Å². The van der Waals surface area contributed by atoms with Gasteiger partial charge in [0.2, 0.25) is 0 Å². The van der Waals surface area contributed by atoms with Gasteiger partial charge in [-0.25, -0.2) is 4.79 Å². The summed E-state index contributed by atoms with van der Waals surface area (Å²) in [7, 11) is 4.40. The Morgan fingerprint density at radius 1 is 0.946 bits per heavy atom. The molecule has 0 spiro atoms. The van der Waals surface area contributed by atoms with E-state index in [4.69, 9.17) is 14.2 Å². The van der Waals surface area contributed by atoms with E-state index < -0.39 is 11.5 Å². The molecule has 0 N–H and O–H groups in total. The SMILES string of the molecule is CCc1cc(C(=O)OC)c(=O)n(Cc2ccc(OC)cc2OC)c1-c1ccc2c(c1)cc1n2CCC1=O. The molecule has 1 aliphatic heterocycles. The van der Waals surface area contributed by atoms with E-state index in [1.165, 1.54) is 7.11 Å². The van der Waals surface area contributed by atoms with Crippen LogP contribution in [0.5, 0.6) is 11.5 Å². The van der Waals surface area contributed by atoms with Crippen molar-refractivity contribution in [3.8, 4) is 22.8 Å². The largest absolute Gasteiger partial charge is 0.497 e. The first-order valence-corrected chi connectivity index (χ1v) is 12.1. The van der Waals surface area contributed by atoms with Crippen LogP contribution in [0.25, 0.3) is 22.2 Å². The van der Waals surface area contributed by atoms with Crippen molar-refractivity contribution in [1.29, 1.82) is 0 Å². The molecule has 37 heavy (non-hydrogen) atoms. The van der Waals surface area contributed by atoms with Gasteiger partial charge in [-0.05, 0) is 53.9 Å². The van der Waals surface area contributed by atoms with Crippen LogP contribution in [0.2, 0.25) is 0 Å². The molecule has 2 aromatic carbocycles. The molecular formula is C29H28N2O6. The van der Waals surface area contributed by atoms with Gasteiger partial charge >= 0.3 is 5.97 Å². The molecule has 0 bridgehead atoms. The molecule has 3 heterocycles. The van der Waals surface area contributed by atoms with Gasteiger partial charge in [-0.15, -0.1) is 0 Å². The number of ketones is 1. The zero-order valence-corrected chi connectivity index (χ0v) is 21.3. The average Bonchev–Trinajstić information content (AvgIpc) is 3.47. The van der Waals surface area contributed by atoms with Crippen molar-refractivity contribution in [1.82, 2.24) is 9.13 Å². The van der Waals surface area contributed by atoms with Gasteiger partial charge in [0.15, 0.2) is 5.78 Å². The zero-order chi connectivity index (χ0) is 26.3. The van der Waals surface area contributed by atoms with Crippen LogP contribution >= 0.6 is 0 Å². The number of esters is 1. The highest BCUT2D eigenvalue weighted by atomic mass is 16.5. The summed E-state index contributed by atoms with van der Waals surface area (Å²) in [6.45, 7) is 2.82. The molecule has 0 fully saturated rings. The molecule has 4 aromatic rings. The van der Waals surface area contributed by atoms with Crippen LogP contribution in [0.15, 0.2) is 53.3 Å². The first kappa shape index (κ1) is 24.4. The topological polar surface area (TPSA) is 88.8 Å². The van der Waals surface area contributed by atoms with Crippen LogP contribution in [0.1, 0.15) is 45.3 Å². The maximum absolute atomic E-state index is 13.7. The minimum absolute atomic E-state index is 0.0231. The van der Waals surface area contributed by atoms with Crippen molar-refractivity contribution in [2.24, 2.45) is 0 Å². The van der Waals surface area contributed by atoms with Gasteiger partial charge in [0, 0.05) is 35.5 Å². The van der Waals surface area contributed by atoms with Crippen molar-refractivity contribution >= 4 is 22.7 Å². The van der Waals surface area contributed by atoms with Gasteiger partial charge < -0.3 is 23.3 Å². The molecule has 5 rings (SSSR count). The standard InChI is InChI=1S/C29H28N2O6/c1-5-17-13-22(29(34)37-4)28(33)31(16-19-6-8-21(35-2)15-26(19)36-3)27(17)18-7-9-23-20(12-18)14-24-25(32)10-11-30(23)24/h6-9,12-15H,5,10-11,16H2,1-4H3. The number of pyridine rings is 1. The average molecular weight is 501 g/mol. The van der Waals surface area contributed by atoms with Crippen molar-refractivity contribution in [3.63, 3.8) is 0 Å². The number of Topliss-reactive ketones (excluding diaryl/α,β-unsaturated/α-hetero) is 1. The zero-order valence-electron chi connectivity index (χ0n) is 21.3. The number of carbonyl (C=O) groups excluding carboxylic acids is 2. The van der Waals surface area contributed by atoms with Crippen molar-refractivity contribution in [2.75, 3.05) is 21.3 Å². The van der Waals surface area contributed by atoms with E-state index in [1.807, 2.05) is 41.8 Å². The van der Waals surface area contributed by atoms with Gasteiger partial charge in [0.25, 0.3) is 5.56 Å². The summed E-state index contributed by atoms with van der Waals surface area (Å²) in [6.07, 6.45) is 1.10. The molecule has 8 heteroatoms. The summed E-state index contributed by atoms with van der Waals surface area (Å²) >= 11 is 0. The molecule has 0 saturated heterocycles. The predicted molar refractivity (Wildman–Crippen MR) is 140 cm³/mol. The fourth-order valence-electron chi connectivity index (χ4n) is 5.13. The Hall–Kier alpha value is -4.33. The quantitative estimate of drug-likeness (QED) is 0.348. The molecule has 8 nitrogen and oxygen atoms in total. The van der Waals surface area contributed by atoms with Gasteiger partial charge in [0.1, 0.15) is 17.1 Å². The molecular weight excluding hydrogens is 472 g/mol. The summed E-state index contributed by atoms with van der Waals surface area (Å²) in [6, 6.07) is 14.9. The maximum Gasteiger partial charge on any atom is 0.343 e. The summed E-state index contributed by atoms with van der Waals surface area (Å²) in [5.74, 6) is 0.654. The molecule has 0 atom stereocenters. The Balaban J connectivity index is 1.74. The number of ether oxygens (including phenoxy) is 3. The second-order valence-corrected chi connectivity index (χ2v) is 8.97. The van der Waals surface area contributed by atoms with Crippen LogP contribution in [-0.2, 0) is 24.2 Å². The lowest BCUT2D eigenvalue weighted by Gasteiger charge is -2.20. The smallest absolute Gasteiger partial charge is 0.343 e. The van der Waals surface area contributed by atoms with E-state index in [-0.39, 0.29) is 17.9 Å². The normalized spacial score (nSPS) is 12.6. The Bertz CT molecular complexity index is 1610.